The summed E-state index contributed by atoms with van der Waals surface area (Å²) in [5, 5.41) is 28.0. The lowest BCUT2D eigenvalue weighted by atomic mass is 9.71. The van der Waals surface area contributed by atoms with Crippen LogP contribution in [0.5, 0.6) is 0 Å². The Morgan fingerprint density at radius 3 is 1.47 bits per heavy atom. The molecule has 0 spiro atoms. The molecule has 0 radical (unpaired) electrons. The molecular weight excluding hydrogens is 913 g/mol. The van der Waals surface area contributed by atoms with Gasteiger partial charge in [0.2, 0.25) is 11.8 Å². The normalized spacial score (nSPS) is 30.5. The SMILES string of the molecule is COC(=O)N[C@@H]1C(=O)N2[C@H](c3nc4ccc(-c5cc6ccc5CCc5ccc(c(-c7ccc8nc([C@@H]9C[C@@H]%10CCCC%11[C@@H](O)[C@H](NC(=O)OC)C(=O)N9[C@@H]%11%10)[nH]c8c7)c5)CC6)cc4[nH]3)C[C@@H]3CCCC([C@H]1O)[C@@H]32. The van der Waals surface area contributed by atoms with E-state index in [9.17, 15) is 29.4 Å². The van der Waals surface area contributed by atoms with Gasteiger partial charge < -0.3 is 50.1 Å². The molecule has 16 rings (SSSR count). The summed E-state index contributed by atoms with van der Waals surface area (Å²) in [6, 6.07) is 23.6. The fourth-order valence-corrected chi connectivity index (χ4v) is 14.6. The number of aromatic nitrogens is 4. The number of fused-ring (bicyclic) bond motifs is 2. The van der Waals surface area contributed by atoms with E-state index in [1.54, 1.807) is 0 Å². The number of aliphatic hydroxyl groups excluding tert-OH is 2. The number of aryl methyl sites for hydroxylation is 4. The summed E-state index contributed by atoms with van der Waals surface area (Å²) >= 11 is 0. The van der Waals surface area contributed by atoms with E-state index in [-0.39, 0.29) is 59.7 Å². The first kappa shape index (κ1) is 45.1. The summed E-state index contributed by atoms with van der Waals surface area (Å²) in [4.78, 5) is 74.1. The van der Waals surface area contributed by atoms with Gasteiger partial charge in [0.15, 0.2) is 0 Å². The number of aromatic amines is 2. The number of ether oxygens (including phenoxy) is 2. The molecule has 6 aliphatic carbocycles. The highest BCUT2D eigenvalue weighted by Crippen LogP contribution is 2.53. The molecular formula is C56H60N8O8. The van der Waals surface area contributed by atoms with E-state index in [4.69, 9.17) is 19.4 Å². The fraction of sp³-hybridized carbons (Fsp3) is 0.464. The Kier molecular flexibility index (Phi) is 10.9. The number of carbonyl (C=O) groups excluding carboxylic acids is 4. The summed E-state index contributed by atoms with van der Waals surface area (Å²) in [7, 11) is 2.52. The smallest absolute Gasteiger partial charge is 0.407 e. The van der Waals surface area contributed by atoms with Gasteiger partial charge >= 0.3 is 12.2 Å². The van der Waals surface area contributed by atoms with Gasteiger partial charge in [-0.25, -0.2) is 19.6 Å². The molecule has 10 aliphatic rings. The van der Waals surface area contributed by atoms with Crippen molar-refractivity contribution >= 4 is 46.1 Å². The molecule has 4 aromatic carbocycles. The molecule has 4 bridgehead atoms. The first-order chi connectivity index (χ1) is 35.0. The first-order valence-electron chi connectivity index (χ1n) is 26.0. The number of alkyl carbamates (subject to hydrolysis) is 2. The van der Waals surface area contributed by atoms with Gasteiger partial charge in [-0.2, -0.15) is 0 Å². The minimum Gasteiger partial charge on any atom is -0.453 e. The first-order valence-corrected chi connectivity index (χ1v) is 26.0. The van der Waals surface area contributed by atoms with E-state index in [1.165, 1.54) is 47.6 Å². The average Bonchev–Trinajstić information content (AvgIpc) is 4.21. The quantitative estimate of drug-likeness (QED) is 0.101. The topological polar surface area (TPSA) is 215 Å². The molecule has 2 unspecified atom stereocenters. The zero-order valence-corrected chi connectivity index (χ0v) is 40.5. The second-order valence-electron chi connectivity index (χ2n) is 21.6. The summed E-state index contributed by atoms with van der Waals surface area (Å²) in [5.41, 5.74) is 13.1. The predicted molar refractivity (Wildman–Crippen MR) is 266 cm³/mol. The van der Waals surface area contributed by atoms with E-state index < -0.39 is 36.5 Å². The molecule has 16 nitrogen and oxygen atoms in total. The molecule has 2 aromatic heterocycles. The highest BCUT2D eigenvalue weighted by Gasteiger charge is 2.60. The Balaban J connectivity index is 0.760. The number of rotatable bonds is 6. The molecule has 72 heavy (non-hydrogen) atoms. The van der Waals surface area contributed by atoms with Crippen LogP contribution < -0.4 is 10.6 Å². The van der Waals surface area contributed by atoms with Crippen LogP contribution in [0, 0.1) is 23.7 Å². The molecule has 12 atom stereocenters. The van der Waals surface area contributed by atoms with Crippen LogP contribution in [-0.4, -0.2) is 115 Å². The largest absolute Gasteiger partial charge is 0.453 e. The van der Waals surface area contributed by atoms with E-state index in [1.807, 2.05) is 9.80 Å². The standard InChI is InChI=1S/C56H60N8O8/c1-71-55(69)61-45-49(65)35-7-3-5-33-25-43(63(47(33)35)53(45)67)51-57-39-19-17-31(23-41(39)59-51)37-21-27-9-13-29(37)15-11-28-10-14-30(16-12-27)38(22-28)32-18-20-40-42(24-32)60-52(58-40)44-26-34-6-4-8-36-48(34)64(44)54(68)46(50(36)66)62-56(70)72-2/h9-10,13-14,17-24,33-36,43-50,65-66H,3-8,11-12,15-16,25-26H2,1-2H3,(H,57,59)(H,58,60)(H,61,69)(H,62,70)/t33-,34-,35?,36?,43-,44-,45-,46-,47+,48+,49+,50+/m0/s1. The second kappa shape index (κ2) is 17.5. The van der Waals surface area contributed by atoms with Crippen molar-refractivity contribution in [3.8, 4) is 22.3 Å². The number of benzene rings is 4. The van der Waals surface area contributed by atoms with Crippen molar-refractivity contribution in [2.24, 2.45) is 23.7 Å². The monoisotopic (exact) mass is 972 g/mol. The number of carbonyl (C=O) groups is 4. The van der Waals surface area contributed by atoms with Gasteiger partial charge in [0.25, 0.3) is 0 Å². The van der Waals surface area contributed by atoms with Crippen molar-refractivity contribution in [1.82, 2.24) is 40.4 Å². The number of imidazole rings is 2. The third-order valence-electron chi connectivity index (χ3n) is 17.9. The van der Waals surface area contributed by atoms with Gasteiger partial charge in [-0.15, -0.1) is 0 Å². The van der Waals surface area contributed by atoms with Gasteiger partial charge in [0.1, 0.15) is 23.7 Å². The molecule has 372 valence electrons. The van der Waals surface area contributed by atoms with Crippen molar-refractivity contribution in [2.75, 3.05) is 14.2 Å². The maximum atomic E-state index is 14.1. The number of nitrogens with one attached hydrogen (secondary N) is 4. The van der Waals surface area contributed by atoms with Crippen LogP contribution in [0.1, 0.15) is 97.4 Å². The van der Waals surface area contributed by atoms with Crippen LogP contribution in [-0.2, 0) is 44.7 Å². The molecule has 4 saturated heterocycles. The number of aliphatic hydroxyl groups is 2. The van der Waals surface area contributed by atoms with E-state index >= 15 is 0 Å². The van der Waals surface area contributed by atoms with Crippen molar-refractivity contribution in [1.29, 1.82) is 0 Å². The Morgan fingerprint density at radius 1 is 0.597 bits per heavy atom. The number of H-pyrrole nitrogens is 2. The minimum atomic E-state index is -1.07. The highest BCUT2D eigenvalue weighted by atomic mass is 16.5. The van der Waals surface area contributed by atoms with Crippen molar-refractivity contribution in [3.05, 3.63) is 107 Å². The molecule has 2 saturated carbocycles. The van der Waals surface area contributed by atoms with Crippen molar-refractivity contribution < 1.29 is 38.9 Å². The number of amides is 4. The third kappa shape index (κ3) is 7.29. The van der Waals surface area contributed by atoms with Crippen LogP contribution >= 0.6 is 0 Å². The molecule has 6 N–H and O–H groups in total. The molecule has 4 amide bonds. The second-order valence-corrected chi connectivity index (χ2v) is 21.6. The summed E-state index contributed by atoms with van der Waals surface area (Å²) in [5.74, 6) is 1.11. The highest BCUT2D eigenvalue weighted by molar-refractivity contribution is 5.90. The molecule has 6 heterocycles. The van der Waals surface area contributed by atoms with E-state index in [2.05, 4.69) is 93.4 Å². The Labute approximate surface area is 416 Å². The summed E-state index contributed by atoms with van der Waals surface area (Å²) < 4.78 is 9.67. The third-order valence-corrected chi connectivity index (χ3v) is 17.9. The van der Waals surface area contributed by atoms with Crippen LogP contribution in [0.15, 0.2) is 72.8 Å². The van der Waals surface area contributed by atoms with Crippen LogP contribution in [0.25, 0.3) is 44.3 Å². The van der Waals surface area contributed by atoms with Gasteiger partial charge in [-0.05, 0) is 145 Å². The fourth-order valence-electron chi connectivity index (χ4n) is 14.6. The number of nitrogens with zero attached hydrogens (tertiary/aromatic N) is 4. The Hall–Kier alpha value is -6.78. The molecule has 16 heteroatoms. The molecule has 6 fully saturated rings. The van der Waals surface area contributed by atoms with E-state index in [0.29, 0.717) is 0 Å². The average molecular weight is 973 g/mol. The van der Waals surface area contributed by atoms with E-state index in [0.717, 1.165) is 122 Å². The predicted octanol–water partition coefficient (Wildman–Crippen LogP) is 6.97. The zero-order chi connectivity index (χ0) is 49.1. The van der Waals surface area contributed by atoms with Gasteiger partial charge in [0.05, 0.1) is 60.6 Å². The van der Waals surface area contributed by atoms with Crippen LogP contribution in [0.2, 0.25) is 0 Å². The Morgan fingerprint density at radius 2 is 1.04 bits per heavy atom. The lowest BCUT2D eigenvalue weighted by molar-refractivity contribution is -0.154. The maximum Gasteiger partial charge on any atom is 0.407 e. The van der Waals surface area contributed by atoms with Gasteiger partial charge in [0, 0.05) is 23.9 Å². The summed E-state index contributed by atoms with van der Waals surface area (Å²) in [6.07, 6.45) is 6.95. The van der Waals surface area contributed by atoms with Crippen LogP contribution in [0.3, 0.4) is 0 Å². The van der Waals surface area contributed by atoms with Gasteiger partial charge in [-0.3, -0.25) is 9.59 Å². The van der Waals surface area contributed by atoms with Crippen LogP contribution in [0.4, 0.5) is 9.59 Å². The molecule has 4 aliphatic heterocycles. The number of piperidine rings is 2. The summed E-state index contributed by atoms with van der Waals surface area (Å²) in [6.45, 7) is 0. The molecule has 6 aromatic rings. The lowest BCUT2D eigenvalue weighted by Gasteiger charge is -2.48. The maximum absolute atomic E-state index is 14.1. The van der Waals surface area contributed by atoms with Gasteiger partial charge in [-0.1, -0.05) is 61.4 Å². The number of methoxy groups -OCH3 is 2. The lowest BCUT2D eigenvalue weighted by Crippen LogP contribution is -2.66. The minimum absolute atomic E-state index is 0.103. The Bertz CT molecular complexity index is 2980. The van der Waals surface area contributed by atoms with Crippen molar-refractivity contribution in [3.63, 3.8) is 0 Å². The zero-order valence-electron chi connectivity index (χ0n) is 40.5. The number of hydrogen-bond acceptors (Lipinski definition) is 10. The number of hydrogen-bond donors (Lipinski definition) is 6. The van der Waals surface area contributed by atoms with Crippen molar-refractivity contribution in [2.45, 2.75) is 126 Å².